The van der Waals surface area contributed by atoms with E-state index in [2.05, 4.69) is 10.6 Å². The molecule has 4 nitrogen and oxygen atoms in total. The second-order valence-corrected chi connectivity index (χ2v) is 6.08. The van der Waals surface area contributed by atoms with Gasteiger partial charge in [0.1, 0.15) is 5.75 Å². The molecule has 0 atom stereocenters. The molecule has 0 saturated heterocycles. The molecule has 0 radical (unpaired) electrons. The number of benzene rings is 3. The first-order chi connectivity index (χ1) is 12.6. The van der Waals surface area contributed by atoms with Gasteiger partial charge in [-0.15, -0.1) is 0 Å². The van der Waals surface area contributed by atoms with E-state index in [9.17, 15) is 4.79 Å². The SMILES string of the molecule is Cc1cccc(C)c1NCC(=O)Nc1ccccc1Oc1ccccc1. The molecule has 26 heavy (non-hydrogen) atoms. The standard InChI is InChI=1S/C22H22N2O2/c1-16-9-8-10-17(2)22(16)23-15-21(25)24-19-13-6-7-14-20(19)26-18-11-4-3-5-12-18/h3-14,23H,15H2,1-2H3,(H,24,25). The summed E-state index contributed by atoms with van der Waals surface area (Å²) in [6.45, 7) is 4.23. The van der Waals surface area contributed by atoms with Gasteiger partial charge >= 0.3 is 0 Å². The minimum atomic E-state index is -0.128. The van der Waals surface area contributed by atoms with E-state index in [1.54, 1.807) is 0 Å². The van der Waals surface area contributed by atoms with Crippen molar-refractivity contribution in [2.45, 2.75) is 13.8 Å². The van der Waals surface area contributed by atoms with Crippen LogP contribution in [-0.4, -0.2) is 12.5 Å². The molecule has 3 aromatic carbocycles. The number of carbonyl (C=O) groups is 1. The van der Waals surface area contributed by atoms with Crippen LogP contribution in [0.5, 0.6) is 11.5 Å². The Hall–Kier alpha value is -3.27. The van der Waals surface area contributed by atoms with E-state index in [1.807, 2.05) is 86.6 Å². The van der Waals surface area contributed by atoms with Crippen molar-refractivity contribution >= 4 is 17.3 Å². The number of hydrogen-bond donors (Lipinski definition) is 2. The minimum Gasteiger partial charge on any atom is -0.455 e. The average molecular weight is 346 g/mol. The number of para-hydroxylation sites is 4. The molecule has 0 fully saturated rings. The highest BCUT2D eigenvalue weighted by molar-refractivity contribution is 5.95. The topological polar surface area (TPSA) is 50.4 Å². The predicted octanol–water partition coefficient (Wildman–Crippen LogP) is 5.15. The lowest BCUT2D eigenvalue weighted by Gasteiger charge is -2.14. The summed E-state index contributed by atoms with van der Waals surface area (Å²) in [5.41, 5.74) is 3.87. The maximum Gasteiger partial charge on any atom is 0.243 e. The highest BCUT2D eigenvalue weighted by Crippen LogP contribution is 2.29. The van der Waals surface area contributed by atoms with Crippen molar-refractivity contribution < 1.29 is 9.53 Å². The molecule has 2 N–H and O–H groups in total. The fourth-order valence-corrected chi connectivity index (χ4v) is 2.73. The van der Waals surface area contributed by atoms with Crippen LogP contribution in [0.4, 0.5) is 11.4 Å². The summed E-state index contributed by atoms with van der Waals surface area (Å²) < 4.78 is 5.88. The Morgan fingerprint density at radius 3 is 2.23 bits per heavy atom. The molecular formula is C22H22N2O2. The molecule has 0 saturated carbocycles. The van der Waals surface area contributed by atoms with E-state index in [4.69, 9.17) is 4.74 Å². The zero-order valence-electron chi connectivity index (χ0n) is 15.0. The number of nitrogens with one attached hydrogen (secondary N) is 2. The molecule has 0 aliphatic carbocycles. The van der Waals surface area contributed by atoms with Crippen LogP contribution in [0.3, 0.4) is 0 Å². The predicted molar refractivity (Wildman–Crippen MR) is 106 cm³/mol. The summed E-state index contributed by atoms with van der Waals surface area (Å²) in [4.78, 5) is 12.4. The maximum atomic E-state index is 12.4. The molecule has 4 heteroatoms. The van der Waals surface area contributed by atoms with Crippen molar-refractivity contribution in [1.82, 2.24) is 0 Å². The van der Waals surface area contributed by atoms with Crippen LogP contribution in [0.1, 0.15) is 11.1 Å². The van der Waals surface area contributed by atoms with Crippen molar-refractivity contribution in [2.75, 3.05) is 17.2 Å². The number of carbonyl (C=O) groups excluding carboxylic acids is 1. The van der Waals surface area contributed by atoms with Crippen molar-refractivity contribution in [3.8, 4) is 11.5 Å². The third-order valence-electron chi connectivity index (χ3n) is 4.04. The van der Waals surface area contributed by atoms with Gasteiger partial charge in [-0.3, -0.25) is 4.79 Å². The van der Waals surface area contributed by atoms with Gasteiger partial charge in [0.05, 0.1) is 12.2 Å². The molecular weight excluding hydrogens is 324 g/mol. The summed E-state index contributed by atoms with van der Waals surface area (Å²) in [6.07, 6.45) is 0. The van der Waals surface area contributed by atoms with E-state index in [1.165, 1.54) is 0 Å². The van der Waals surface area contributed by atoms with Gasteiger partial charge in [-0.2, -0.15) is 0 Å². The van der Waals surface area contributed by atoms with E-state index < -0.39 is 0 Å². The number of rotatable bonds is 6. The number of hydrogen-bond acceptors (Lipinski definition) is 3. The molecule has 1 amide bonds. The van der Waals surface area contributed by atoms with Crippen LogP contribution in [0.25, 0.3) is 0 Å². The molecule has 132 valence electrons. The lowest BCUT2D eigenvalue weighted by atomic mass is 10.1. The zero-order valence-corrected chi connectivity index (χ0v) is 15.0. The first-order valence-corrected chi connectivity index (χ1v) is 8.55. The summed E-state index contributed by atoms with van der Waals surface area (Å²) in [6, 6.07) is 23.0. The Morgan fingerprint density at radius 2 is 1.50 bits per heavy atom. The van der Waals surface area contributed by atoms with E-state index in [0.29, 0.717) is 11.4 Å². The molecule has 0 aliphatic heterocycles. The van der Waals surface area contributed by atoms with Crippen LogP contribution >= 0.6 is 0 Å². The fourth-order valence-electron chi connectivity index (χ4n) is 2.73. The highest BCUT2D eigenvalue weighted by atomic mass is 16.5. The number of ether oxygens (including phenoxy) is 1. The molecule has 0 heterocycles. The van der Waals surface area contributed by atoms with Crippen molar-refractivity contribution in [3.63, 3.8) is 0 Å². The van der Waals surface area contributed by atoms with Crippen LogP contribution < -0.4 is 15.4 Å². The Kier molecular flexibility index (Phi) is 5.54. The summed E-state index contributed by atoms with van der Waals surface area (Å²) in [5.74, 6) is 1.21. The molecule has 3 aromatic rings. The van der Waals surface area contributed by atoms with Gasteiger partial charge in [0.25, 0.3) is 0 Å². The van der Waals surface area contributed by atoms with E-state index in [0.717, 1.165) is 22.6 Å². The molecule has 0 aromatic heterocycles. The third-order valence-corrected chi connectivity index (χ3v) is 4.04. The van der Waals surface area contributed by atoms with Gasteiger partial charge in [-0.1, -0.05) is 48.5 Å². The second-order valence-electron chi connectivity index (χ2n) is 6.08. The summed E-state index contributed by atoms with van der Waals surface area (Å²) >= 11 is 0. The quantitative estimate of drug-likeness (QED) is 0.649. The Morgan fingerprint density at radius 1 is 0.846 bits per heavy atom. The monoisotopic (exact) mass is 346 g/mol. The van der Waals surface area contributed by atoms with Gasteiger partial charge in [-0.25, -0.2) is 0 Å². The largest absolute Gasteiger partial charge is 0.455 e. The summed E-state index contributed by atoms with van der Waals surface area (Å²) in [5, 5.41) is 6.13. The van der Waals surface area contributed by atoms with Crippen molar-refractivity contribution in [1.29, 1.82) is 0 Å². The van der Waals surface area contributed by atoms with E-state index >= 15 is 0 Å². The first kappa shape index (κ1) is 17.5. The molecule has 0 bridgehead atoms. The van der Waals surface area contributed by atoms with Gasteiger partial charge in [-0.05, 0) is 49.2 Å². The third kappa shape index (κ3) is 4.42. The van der Waals surface area contributed by atoms with Gasteiger partial charge < -0.3 is 15.4 Å². The van der Waals surface area contributed by atoms with Crippen molar-refractivity contribution in [2.24, 2.45) is 0 Å². The smallest absolute Gasteiger partial charge is 0.243 e. The van der Waals surface area contributed by atoms with Crippen LogP contribution in [0.15, 0.2) is 72.8 Å². The summed E-state index contributed by atoms with van der Waals surface area (Å²) in [7, 11) is 0. The van der Waals surface area contributed by atoms with Crippen molar-refractivity contribution in [3.05, 3.63) is 83.9 Å². The normalized spacial score (nSPS) is 10.2. The van der Waals surface area contributed by atoms with Crippen LogP contribution in [0, 0.1) is 13.8 Å². The Labute approximate surface area is 153 Å². The average Bonchev–Trinajstić information content (AvgIpc) is 2.64. The van der Waals surface area contributed by atoms with Crippen LogP contribution in [-0.2, 0) is 4.79 Å². The molecule has 0 unspecified atom stereocenters. The maximum absolute atomic E-state index is 12.4. The second kappa shape index (κ2) is 8.21. The minimum absolute atomic E-state index is 0.128. The molecule has 3 rings (SSSR count). The number of amides is 1. The first-order valence-electron chi connectivity index (χ1n) is 8.55. The fraction of sp³-hybridized carbons (Fsp3) is 0.136. The van der Waals surface area contributed by atoms with Gasteiger partial charge in [0, 0.05) is 5.69 Å². The van der Waals surface area contributed by atoms with Gasteiger partial charge in [0.2, 0.25) is 5.91 Å². The van der Waals surface area contributed by atoms with Crippen LogP contribution in [0.2, 0.25) is 0 Å². The number of anilines is 2. The Balaban J connectivity index is 1.66. The lowest BCUT2D eigenvalue weighted by molar-refractivity contribution is -0.114. The Bertz CT molecular complexity index is 871. The van der Waals surface area contributed by atoms with E-state index in [-0.39, 0.29) is 12.5 Å². The molecule has 0 spiro atoms. The highest BCUT2D eigenvalue weighted by Gasteiger charge is 2.09. The lowest BCUT2D eigenvalue weighted by Crippen LogP contribution is -2.22. The zero-order chi connectivity index (χ0) is 18.4. The van der Waals surface area contributed by atoms with Gasteiger partial charge in [0.15, 0.2) is 5.75 Å². The molecule has 0 aliphatic rings. The number of aryl methyl sites for hydroxylation is 2.